The van der Waals surface area contributed by atoms with Crippen molar-refractivity contribution in [2.75, 3.05) is 35.9 Å². The maximum absolute atomic E-state index is 14.6. The fourth-order valence-electron chi connectivity index (χ4n) is 8.96. The van der Waals surface area contributed by atoms with Crippen molar-refractivity contribution in [3.63, 3.8) is 0 Å². The Bertz CT molecular complexity index is 2200. The number of phenolic OH excluding ortho intramolecular Hbond substituents is 1. The lowest BCUT2D eigenvalue weighted by molar-refractivity contribution is -0.131. The van der Waals surface area contributed by atoms with Crippen molar-refractivity contribution in [2.24, 2.45) is 39.3 Å². The number of phenols is 1. The Morgan fingerprint density at radius 2 is 1.42 bits per heavy atom. The minimum atomic E-state index is -1.22. The number of allylic oxidation sites excluding steroid dienone is 2. The molecule has 2 heterocycles. The zero-order valence-corrected chi connectivity index (χ0v) is 29.8. The molecule has 6 atom stereocenters. The molecule has 4 aromatic carbocycles. The number of hydrogen-bond acceptors (Lipinski definition) is 9. The van der Waals surface area contributed by atoms with Crippen molar-refractivity contribution < 1.29 is 29.0 Å². The van der Waals surface area contributed by atoms with Crippen LogP contribution in [0.5, 0.6) is 11.5 Å². The highest BCUT2D eigenvalue weighted by Gasteiger charge is 2.67. The lowest BCUT2D eigenvalue weighted by atomic mass is 9.51. The molecular weight excluding hydrogens is 670 g/mol. The molecule has 0 bridgehead atoms. The maximum atomic E-state index is 14.6. The Morgan fingerprint density at radius 3 is 2.04 bits per heavy atom. The van der Waals surface area contributed by atoms with Crippen LogP contribution in [0.3, 0.4) is 0 Å². The van der Waals surface area contributed by atoms with Gasteiger partial charge in [0.2, 0.25) is 23.6 Å². The molecule has 11 nitrogen and oxygen atoms in total. The molecule has 0 spiro atoms. The molecule has 1 saturated carbocycles. The molecule has 4 aliphatic rings. The fourth-order valence-corrected chi connectivity index (χ4v) is 8.96. The zero-order chi connectivity index (χ0) is 37.2. The molecule has 0 aromatic heterocycles. The van der Waals surface area contributed by atoms with Crippen LogP contribution in [0, 0.1) is 29.1 Å². The standard InChI is InChI=1S/C42H39N5O6/c1-42-33(39(50)47(41(42)52)28-8-6-5-7-9-28)23-32-30(37(42)24-10-21-35(53-4)34(48)22-24)19-20-31-36(32)40(51)46(38(31)49)29-17-13-26(14-18-29)44-43-25-11-15-27(16-12-25)45(2)3/h5-19,21-22,31-33,36-37,48H,20,23H2,1-4H3. The first kappa shape index (κ1) is 34.0. The Labute approximate surface area is 307 Å². The summed E-state index contributed by atoms with van der Waals surface area (Å²) in [6, 6.07) is 28.4. The third-order valence-corrected chi connectivity index (χ3v) is 11.6. The van der Waals surface area contributed by atoms with Gasteiger partial charge in [-0.25, -0.2) is 4.90 Å². The predicted octanol–water partition coefficient (Wildman–Crippen LogP) is 7.32. The summed E-state index contributed by atoms with van der Waals surface area (Å²) in [7, 11) is 5.39. The second-order valence-corrected chi connectivity index (χ2v) is 14.6. The number of nitrogens with zero attached hydrogens (tertiary/aromatic N) is 5. The first-order valence-electron chi connectivity index (χ1n) is 17.7. The van der Waals surface area contributed by atoms with Crippen LogP contribution in [-0.2, 0) is 19.2 Å². The Hall–Kier alpha value is -6.10. The van der Waals surface area contributed by atoms with Gasteiger partial charge in [0.15, 0.2) is 11.5 Å². The quantitative estimate of drug-likeness (QED) is 0.121. The number of anilines is 3. The number of rotatable bonds is 7. The fraction of sp³-hybridized carbons (Fsp3) is 0.286. The second kappa shape index (κ2) is 12.8. The number of methoxy groups -OCH3 is 1. The molecule has 4 amide bonds. The van der Waals surface area contributed by atoms with E-state index < -0.39 is 35.0 Å². The number of aromatic hydroxyl groups is 1. The lowest BCUT2D eigenvalue weighted by Crippen LogP contribution is -2.48. The summed E-state index contributed by atoms with van der Waals surface area (Å²) < 4.78 is 5.31. The lowest BCUT2D eigenvalue weighted by Gasteiger charge is -2.49. The zero-order valence-electron chi connectivity index (χ0n) is 29.8. The number of amides is 4. The highest BCUT2D eigenvalue weighted by atomic mass is 16.5. The molecule has 6 unspecified atom stereocenters. The van der Waals surface area contributed by atoms with Crippen LogP contribution in [0.4, 0.5) is 28.4 Å². The van der Waals surface area contributed by atoms with Gasteiger partial charge in [0.1, 0.15) is 0 Å². The smallest absolute Gasteiger partial charge is 0.241 e. The van der Waals surface area contributed by atoms with Crippen LogP contribution in [0.1, 0.15) is 31.2 Å². The van der Waals surface area contributed by atoms with E-state index in [1.54, 1.807) is 66.7 Å². The topological polar surface area (TPSA) is 132 Å². The van der Waals surface area contributed by atoms with Crippen LogP contribution in [0.25, 0.3) is 0 Å². The molecular formula is C42H39N5O6. The predicted molar refractivity (Wildman–Crippen MR) is 200 cm³/mol. The number of azo groups is 1. The summed E-state index contributed by atoms with van der Waals surface area (Å²) >= 11 is 0. The average molecular weight is 710 g/mol. The summed E-state index contributed by atoms with van der Waals surface area (Å²) in [5, 5.41) is 19.6. The third kappa shape index (κ3) is 5.32. The molecule has 53 heavy (non-hydrogen) atoms. The monoisotopic (exact) mass is 709 g/mol. The van der Waals surface area contributed by atoms with E-state index in [4.69, 9.17) is 4.74 Å². The van der Waals surface area contributed by atoms with E-state index in [0.717, 1.165) is 11.3 Å². The SMILES string of the molecule is COc1ccc(C2C3=CCC4C(=O)N(c5ccc(N=Nc6ccc(N(C)C)cc6)cc5)C(=O)C4C3CC3C(=O)N(c4ccccc4)C(=O)C32C)cc1O. The van der Waals surface area contributed by atoms with Gasteiger partial charge in [0.05, 0.1) is 53.0 Å². The molecule has 11 heteroatoms. The summed E-state index contributed by atoms with van der Waals surface area (Å²) in [5.41, 5.74) is 3.47. The molecule has 2 aliphatic carbocycles. The summed E-state index contributed by atoms with van der Waals surface area (Å²) in [5.74, 6) is -4.35. The van der Waals surface area contributed by atoms with Gasteiger partial charge in [0, 0.05) is 25.7 Å². The number of para-hydroxylation sites is 1. The Balaban J connectivity index is 1.13. The van der Waals surface area contributed by atoms with Gasteiger partial charge in [-0.15, -0.1) is 0 Å². The van der Waals surface area contributed by atoms with Crippen LogP contribution < -0.4 is 19.4 Å². The summed E-state index contributed by atoms with van der Waals surface area (Å²) in [4.78, 5) is 62.0. The minimum absolute atomic E-state index is 0.0956. The van der Waals surface area contributed by atoms with Crippen molar-refractivity contribution in [1.82, 2.24) is 0 Å². The normalized spacial score (nSPS) is 26.4. The van der Waals surface area contributed by atoms with E-state index in [1.807, 2.05) is 62.3 Å². The van der Waals surface area contributed by atoms with Crippen molar-refractivity contribution in [2.45, 2.75) is 25.7 Å². The molecule has 268 valence electrons. The van der Waals surface area contributed by atoms with Crippen molar-refractivity contribution >= 4 is 52.1 Å². The van der Waals surface area contributed by atoms with E-state index in [0.29, 0.717) is 34.7 Å². The van der Waals surface area contributed by atoms with Gasteiger partial charge < -0.3 is 14.7 Å². The summed E-state index contributed by atoms with van der Waals surface area (Å²) in [6.07, 6.45) is 2.53. The molecule has 2 saturated heterocycles. The van der Waals surface area contributed by atoms with Gasteiger partial charge in [-0.1, -0.05) is 35.9 Å². The molecule has 4 aromatic rings. The number of fused-ring (bicyclic) bond motifs is 4. The number of benzene rings is 4. The molecule has 1 N–H and O–H groups in total. The van der Waals surface area contributed by atoms with E-state index in [9.17, 15) is 24.3 Å². The third-order valence-electron chi connectivity index (χ3n) is 11.6. The van der Waals surface area contributed by atoms with Gasteiger partial charge in [-0.2, -0.15) is 10.2 Å². The molecule has 3 fully saturated rings. The summed E-state index contributed by atoms with van der Waals surface area (Å²) in [6.45, 7) is 1.82. The van der Waals surface area contributed by atoms with Crippen LogP contribution in [0.2, 0.25) is 0 Å². The number of imide groups is 2. The van der Waals surface area contributed by atoms with E-state index >= 15 is 0 Å². The largest absolute Gasteiger partial charge is 0.504 e. The average Bonchev–Trinajstić information content (AvgIpc) is 3.53. The van der Waals surface area contributed by atoms with Gasteiger partial charge in [0.25, 0.3) is 0 Å². The number of ether oxygens (including phenoxy) is 1. The first-order valence-corrected chi connectivity index (χ1v) is 17.7. The highest BCUT2D eigenvalue weighted by Crippen LogP contribution is 2.64. The maximum Gasteiger partial charge on any atom is 0.241 e. The van der Waals surface area contributed by atoms with E-state index in [-0.39, 0.29) is 41.5 Å². The van der Waals surface area contributed by atoms with Gasteiger partial charge in [-0.3, -0.25) is 24.1 Å². The van der Waals surface area contributed by atoms with Crippen molar-refractivity contribution in [1.29, 1.82) is 0 Å². The Kier molecular flexibility index (Phi) is 8.24. The number of hydrogen-bond donors (Lipinski definition) is 1. The van der Waals surface area contributed by atoms with E-state index in [2.05, 4.69) is 10.2 Å². The van der Waals surface area contributed by atoms with Gasteiger partial charge >= 0.3 is 0 Å². The van der Waals surface area contributed by atoms with Crippen molar-refractivity contribution in [3.05, 3.63) is 114 Å². The van der Waals surface area contributed by atoms with Crippen LogP contribution in [0.15, 0.2) is 119 Å². The first-order chi connectivity index (χ1) is 25.5. The molecule has 0 radical (unpaired) electrons. The number of carbonyl (C=O) groups is 4. The number of carbonyl (C=O) groups excluding carboxylic acids is 4. The van der Waals surface area contributed by atoms with Crippen molar-refractivity contribution in [3.8, 4) is 11.5 Å². The van der Waals surface area contributed by atoms with Crippen LogP contribution >= 0.6 is 0 Å². The molecule has 2 aliphatic heterocycles. The van der Waals surface area contributed by atoms with Gasteiger partial charge in [-0.05, 0) is 104 Å². The van der Waals surface area contributed by atoms with E-state index in [1.165, 1.54) is 16.9 Å². The van der Waals surface area contributed by atoms with Crippen LogP contribution in [-0.4, -0.2) is 49.9 Å². The Morgan fingerprint density at radius 1 is 0.774 bits per heavy atom. The second-order valence-electron chi connectivity index (χ2n) is 14.6. The molecule has 8 rings (SSSR count). The minimum Gasteiger partial charge on any atom is -0.504 e. The highest BCUT2D eigenvalue weighted by molar-refractivity contribution is 6.25.